The summed E-state index contributed by atoms with van der Waals surface area (Å²) in [6.45, 7) is 4.22. The van der Waals surface area contributed by atoms with Crippen LogP contribution in [0.3, 0.4) is 0 Å². The van der Waals surface area contributed by atoms with Gasteiger partial charge in [-0.05, 0) is 24.3 Å². The number of nitriles is 2. The fourth-order valence-electron chi connectivity index (χ4n) is 3.26. The molecule has 0 saturated heterocycles. The molecule has 102 valence electrons. The van der Waals surface area contributed by atoms with E-state index in [9.17, 15) is 10.5 Å². The quantitative estimate of drug-likeness (QED) is 0.751. The van der Waals surface area contributed by atoms with E-state index in [-0.39, 0.29) is 11.8 Å². The van der Waals surface area contributed by atoms with Gasteiger partial charge in [0, 0.05) is 5.92 Å². The molecular weight excluding hydrogens is 244 g/mol. The number of hydrogen-bond donors (Lipinski definition) is 0. The van der Waals surface area contributed by atoms with E-state index < -0.39 is 5.41 Å². The zero-order valence-corrected chi connectivity index (χ0v) is 12.1. The van der Waals surface area contributed by atoms with E-state index in [1.165, 1.54) is 5.57 Å². The zero-order chi connectivity index (χ0) is 14.6. The van der Waals surface area contributed by atoms with Crippen LogP contribution in [-0.2, 0) is 0 Å². The third kappa shape index (κ3) is 2.23. The van der Waals surface area contributed by atoms with Crippen LogP contribution < -0.4 is 0 Å². The second kappa shape index (κ2) is 5.93. The lowest BCUT2D eigenvalue weighted by atomic mass is 9.60. The Labute approximate surface area is 121 Å². The monoisotopic (exact) mass is 264 g/mol. The van der Waals surface area contributed by atoms with Crippen molar-refractivity contribution in [2.75, 3.05) is 0 Å². The SMILES string of the molecule is CCC1=C[C@@H](c2ccccc2)C(C#N)(C#N)[C@@H](CC)C1. The highest BCUT2D eigenvalue weighted by Crippen LogP contribution is 2.50. The topological polar surface area (TPSA) is 47.6 Å². The van der Waals surface area contributed by atoms with Gasteiger partial charge in [0.15, 0.2) is 5.41 Å². The third-order valence-corrected chi connectivity index (χ3v) is 4.52. The lowest BCUT2D eigenvalue weighted by Gasteiger charge is -2.39. The van der Waals surface area contributed by atoms with E-state index in [2.05, 4.69) is 32.1 Å². The van der Waals surface area contributed by atoms with Gasteiger partial charge in [-0.3, -0.25) is 0 Å². The summed E-state index contributed by atoms with van der Waals surface area (Å²) in [7, 11) is 0. The fraction of sp³-hybridized carbons (Fsp3) is 0.444. The van der Waals surface area contributed by atoms with Crippen molar-refractivity contribution < 1.29 is 0 Å². The molecule has 2 atom stereocenters. The smallest absolute Gasteiger partial charge is 0.157 e. The molecule has 1 aromatic carbocycles. The molecule has 2 rings (SSSR count). The first-order valence-electron chi connectivity index (χ1n) is 7.28. The number of hydrogen-bond acceptors (Lipinski definition) is 2. The van der Waals surface area contributed by atoms with Gasteiger partial charge in [0.1, 0.15) is 0 Å². The Morgan fingerprint density at radius 3 is 2.30 bits per heavy atom. The summed E-state index contributed by atoms with van der Waals surface area (Å²) < 4.78 is 0. The molecule has 0 unspecified atom stereocenters. The van der Waals surface area contributed by atoms with Gasteiger partial charge in [0.2, 0.25) is 0 Å². The molecule has 2 nitrogen and oxygen atoms in total. The average Bonchev–Trinajstić information content (AvgIpc) is 2.54. The molecule has 0 N–H and O–H groups in total. The maximum absolute atomic E-state index is 9.73. The Hall–Kier alpha value is -2.06. The van der Waals surface area contributed by atoms with Crippen LogP contribution in [0.4, 0.5) is 0 Å². The van der Waals surface area contributed by atoms with E-state index in [0.29, 0.717) is 0 Å². The van der Waals surface area contributed by atoms with Crippen molar-refractivity contribution >= 4 is 0 Å². The summed E-state index contributed by atoms with van der Waals surface area (Å²) in [5.41, 5.74) is 1.50. The predicted octanol–water partition coefficient (Wildman–Crippen LogP) is 4.57. The van der Waals surface area contributed by atoms with Crippen LogP contribution in [0.2, 0.25) is 0 Å². The van der Waals surface area contributed by atoms with Crippen molar-refractivity contribution in [1.82, 2.24) is 0 Å². The van der Waals surface area contributed by atoms with Gasteiger partial charge in [-0.1, -0.05) is 62.2 Å². The molecule has 0 aromatic heterocycles. The summed E-state index contributed by atoms with van der Waals surface area (Å²) >= 11 is 0. The maximum atomic E-state index is 9.73. The molecule has 1 aromatic rings. The minimum Gasteiger partial charge on any atom is -0.197 e. The van der Waals surface area contributed by atoms with Crippen LogP contribution in [0.5, 0.6) is 0 Å². The van der Waals surface area contributed by atoms with Crippen molar-refractivity contribution in [3.63, 3.8) is 0 Å². The van der Waals surface area contributed by atoms with Crippen LogP contribution >= 0.6 is 0 Å². The summed E-state index contributed by atoms with van der Waals surface area (Å²) in [4.78, 5) is 0. The Morgan fingerprint density at radius 2 is 1.80 bits per heavy atom. The molecule has 0 bridgehead atoms. The Balaban J connectivity index is 2.59. The van der Waals surface area contributed by atoms with Crippen LogP contribution in [0.25, 0.3) is 0 Å². The van der Waals surface area contributed by atoms with Crippen LogP contribution in [0, 0.1) is 34.0 Å². The summed E-state index contributed by atoms with van der Waals surface area (Å²) in [5, 5.41) is 19.5. The highest BCUT2D eigenvalue weighted by Gasteiger charge is 2.48. The van der Waals surface area contributed by atoms with E-state index in [1.54, 1.807) is 0 Å². The average molecular weight is 264 g/mol. The minimum absolute atomic E-state index is 0.114. The molecular formula is C18H20N2. The van der Waals surface area contributed by atoms with Gasteiger partial charge in [0.05, 0.1) is 12.1 Å². The van der Waals surface area contributed by atoms with Crippen LogP contribution in [0.15, 0.2) is 42.0 Å². The normalized spacial score (nSPS) is 24.3. The number of benzene rings is 1. The van der Waals surface area contributed by atoms with Gasteiger partial charge in [-0.2, -0.15) is 10.5 Å². The lowest BCUT2D eigenvalue weighted by Crippen LogP contribution is -2.36. The van der Waals surface area contributed by atoms with Crippen LogP contribution in [0.1, 0.15) is 44.6 Å². The number of nitrogens with zero attached hydrogens (tertiary/aromatic N) is 2. The molecule has 0 heterocycles. The molecule has 0 spiro atoms. The molecule has 0 saturated carbocycles. The van der Waals surface area contributed by atoms with E-state index in [4.69, 9.17) is 0 Å². The van der Waals surface area contributed by atoms with E-state index in [0.717, 1.165) is 24.8 Å². The van der Waals surface area contributed by atoms with Crippen LogP contribution in [-0.4, -0.2) is 0 Å². The largest absolute Gasteiger partial charge is 0.197 e. The van der Waals surface area contributed by atoms with Gasteiger partial charge >= 0.3 is 0 Å². The van der Waals surface area contributed by atoms with Gasteiger partial charge < -0.3 is 0 Å². The molecule has 0 radical (unpaired) electrons. The molecule has 0 aliphatic heterocycles. The van der Waals surface area contributed by atoms with Gasteiger partial charge in [-0.25, -0.2) is 0 Å². The Bertz CT molecular complexity index is 558. The summed E-state index contributed by atoms with van der Waals surface area (Å²) in [6.07, 6.45) is 4.89. The first kappa shape index (κ1) is 14.4. The standard InChI is InChI=1S/C18H20N2/c1-3-14-10-16(4-2)18(12-19,13-20)17(11-14)15-8-6-5-7-9-15/h5-9,11,16-17H,3-4,10H2,1-2H3/t16-,17-/m0/s1. The molecule has 2 heteroatoms. The summed E-state index contributed by atoms with van der Waals surface area (Å²) in [5.74, 6) is -0.00462. The van der Waals surface area contributed by atoms with Crippen molar-refractivity contribution in [2.24, 2.45) is 11.3 Å². The fourth-order valence-corrected chi connectivity index (χ4v) is 3.26. The van der Waals surface area contributed by atoms with Gasteiger partial charge in [-0.15, -0.1) is 0 Å². The Morgan fingerprint density at radius 1 is 1.15 bits per heavy atom. The van der Waals surface area contributed by atoms with Crippen molar-refractivity contribution in [2.45, 2.75) is 39.0 Å². The van der Waals surface area contributed by atoms with Gasteiger partial charge in [0.25, 0.3) is 0 Å². The molecule has 0 amide bonds. The third-order valence-electron chi connectivity index (χ3n) is 4.52. The van der Waals surface area contributed by atoms with E-state index >= 15 is 0 Å². The number of allylic oxidation sites excluding steroid dienone is 2. The second-order valence-electron chi connectivity index (χ2n) is 5.47. The first-order valence-corrected chi connectivity index (χ1v) is 7.28. The van der Waals surface area contributed by atoms with Crippen molar-refractivity contribution in [3.8, 4) is 12.1 Å². The van der Waals surface area contributed by atoms with E-state index in [1.807, 2.05) is 30.3 Å². The van der Waals surface area contributed by atoms with Crippen molar-refractivity contribution in [3.05, 3.63) is 47.5 Å². The number of rotatable bonds is 3. The molecule has 0 fully saturated rings. The Kier molecular flexibility index (Phi) is 4.26. The highest BCUT2D eigenvalue weighted by molar-refractivity contribution is 5.39. The zero-order valence-electron chi connectivity index (χ0n) is 12.1. The lowest BCUT2D eigenvalue weighted by molar-refractivity contribution is 0.258. The first-order chi connectivity index (χ1) is 9.71. The summed E-state index contributed by atoms with van der Waals surface area (Å²) in [6, 6.07) is 14.7. The van der Waals surface area contributed by atoms with Crippen molar-refractivity contribution in [1.29, 1.82) is 10.5 Å². The minimum atomic E-state index is -0.936. The predicted molar refractivity (Wildman–Crippen MR) is 79.6 cm³/mol. The molecule has 1 aliphatic carbocycles. The highest BCUT2D eigenvalue weighted by atomic mass is 14.5. The molecule has 20 heavy (non-hydrogen) atoms. The second-order valence-corrected chi connectivity index (χ2v) is 5.47. The maximum Gasteiger partial charge on any atom is 0.157 e. The molecule has 1 aliphatic rings.